The molecule has 0 unspecified atom stereocenters. The molecule has 0 heterocycles. The lowest BCUT2D eigenvalue weighted by atomic mass is 10.0. The summed E-state index contributed by atoms with van der Waals surface area (Å²) in [5.74, 6) is -0.365. The van der Waals surface area contributed by atoms with Crippen LogP contribution in [0.3, 0.4) is 0 Å². The number of carbonyl (C=O) groups is 1. The predicted molar refractivity (Wildman–Crippen MR) is 100.0 cm³/mol. The van der Waals surface area contributed by atoms with Gasteiger partial charge in [-0.1, -0.05) is 26.0 Å². The van der Waals surface area contributed by atoms with E-state index in [0.717, 1.165) is 17.2 Å². The second kappa shape index (κ2) is 8.46. The molecule has 1 N–H and O–H groups in total. The Morgan fingerprint density at radius 3 is 2.37 bits per heavy atom. The van der Waals surface area contributed by atoms with Gasteiger partial charge in [0.1, 0.15) is 12.4 Å². The molecule has 2 aromatic carbocycles. The van der Waals surface area contributed by atoms with E-state index in [9.17, 15) is 18.0 Å². The minimum Gasteiger partial charge on any atom is -0.488 e. The van der Waals surface area contributed by atoms with Crippen LogP contribution in [-0.4, -0.2) is 5.91 Å². The van der Waals surface area contributed by atoms with E-state index in [4.69, 9.17) is 4.74 Å². The largest absolute Gasteiger partial charge is 0.488 e. The number of benzene rings is 2. The van der Waals surface area contributed by atoms with E-state index in [1.165, 1.54) is 6.07 Å². The van der Waals surface area contributed by atoms with Gasteiger partial charge in [0.2, 0.25) is 5.91 Å². The summed E-state index contributed by atoms with van der Waals surface area (Å²) in [5.41, 5.74) is 2.66. The predicted octanol–water partition coefficient (Wildman–Crippen LogP) is 5.81. The maximum Gasteiger partial charge on any atom is 0.419 e. The van der Waals surface area contributed by atoms with Crippen LogP contribution in [0.25, 0.3) is 0 Å². The van der Waals surface area contributed by atoms with Gasteiger partial charge in [0.15, 0.2) is 0 Å². The highest BCUT2D eigenvalue weighted by Crippen LogP contribution is 2.38. The second-order valence-electron chi connectivity index (χ2n) is 6.42. The molecule has 2 rings (SSSR count). The average Bonchev–Trinajstić information content (AvgIpc) is 2.61. The summed E-state index contributed by atoms with van der Waals surface area (Å²) in [6.45, 7) is 7.00. The minimum absolute atomic E-state index is 0.0606. The zero-order valence-electron chi connectivity index (χ0n) is 16.0. The molecular formula is C21H24F3NO2. The number of anilines is 1. The summed E-state index contributed by atoms with van der Waals surface area (Å²) < 4.78 is 45.8. The Labute approximate surface area is 157 Å². The lowest BCUT2D eigenvalue weighted by Crippen LogP contribution is -2.14. The van der Waals surface area contributed by atoms with Crippen LogP contribution >= 0.6 is 0 Å². The van der Waals surface area contributed by atoms with Gasteiger partial charge in [0, 0.05) is 17.7 Å². The molecule has 2 aromatic rings. The topological polar surface area (TPSA) is 38.3 Å². The highest BCUT2D eigenvalue weighted by molar-refractivity contribution is 5.91. The van der Waals surface area contributed by atoms with E-state index in [1.54, 1.807) is 26.8 Å². The Kier molecular flexibility index (Phi) is 6.52. The first-order chi connectivity index (χ1) is 12.7. The highest BCUT2D eigenvalue weighted by atomic mass is 19.4. The van der Waals surface area contributed by atoms with E-state index < -0.39 is 11.7 Å². The van der Waals surface area contributed by atoms with Crippen molar-refractivity contribution in [3.05, 3.63) is 58.1 Å². The molecular weight excluding hydrogens is 355 g/mol. The molecule has 0 saturated heterocycles. The monoisotopic (exact) mass is 379 g/mol. The van der Waals surface area contributed by atoms with Gasteiger partial charge in [-0.25, -0.2) is 0 Å². The van der Waals surface area contributed by atoms with Gasteiger partial charge < -0.3 is 10.1 Å². The van der Waals surface area contributed by atoms with E-state index in [0.29, 0.717) is 29.7 Å². The van der Waals surface area contributed by atoms with Crippen molar-refractivity contribution in [1.29, 1.82) is 0 Å². The van der Waals surface area contributed by atoms with Crippen LogP contribution in [0.5, 0.6) is 5.75 Å². The van der Waals surface area contributed by atoms with E-state index >= 15 is 0 Å². The molecule has 0 atom stereocenters. The van der Waals surface area contributed by atoms with Crippen LogP contribution in [0, 0.1) is 13.8 Å². The first kappa shape index (κ1) is 20.8. The molecule has 0 aliphatic carbocycles. The molecule has 0 aliphatic rings. The van der Waals surface area contributed by atoms with Gasteiger partial charge >= 0.3 is 6.18 Å². The fraction of sp³-hybridized carbons (Fsp3) is 0.381. The first-order valence-corrected chi connectivity index (χ1v) is 8.89. The van der Waals surface area contributed by atoms with Crippen molar-refractivity contribution >= 4 is 11.6 Å². The molecule has 1 amide bonds. The van der Waals surface area contributed by atoms with Gasteiger partial charge in [-0.15, -0.1) is 0 Å². The fourth-order valence-electron chi connectivity index (χ4n) is 2.77. The SMILES string of the molecule is CCC(=O)Nc1cccc(CC)c1COc1cc(C)c(C)cc1C(F)(F)F. The Bertz CT molecular complexity index is 829. The summed E-state index contributed by atoms with van der Waals surface area (Å²) in [6, 6.07) is 7.94. The molecule has 3 nitrogen and oxygen atoms in total. The van der Waals surface area contributed by atoms with Crippen LogP contribution in [0.1, 0.15) is 48.1 Å². The molecule has 146 valence electrons. The van der Waals surface area contributed by atoms with Gasteiger partial charge in [-0.3, -0.25) is 4.79 Å². The fourth-order valence-corrected chi connectivity index (χ4v) is 2.77. The molecule has 0 saturated carbocycles. The second-order valence-corrected chi connectivity index (χ2v) is 6.42. The van der Waals surface area contributed by atoms with Crippen molar-refractivity contribution in [3.63, 3.8) is 0 Å². The van der Waals surface area contributed by atoms with Crippen LogP contribution < -0.4 is 10.1 Å². The van der Waals surface area contributed by atoms with Gasteiger partial charge in [0.25, 0.3) is 0 Å². The number of carbonyl (C=O) groups excluding carboxylic acids is 1. The zero-order chi connectivity index (χ0) is 20.2. The third-order valence-corrected chi connectivity index (χ3v) is 4.52. The maximum atomic E-state index is 13.4. The van der Waals surface area contributed by atoms with Crippen LogP contribution in [0.15, 0.2) is 30.3 Å². The van der Waals surface area contributed by atoms with E-state index in [2.05, 4.69) is 5.32 Å². The Hall–Kier alpha value is -2.50. The van der Waals surface area contributed by atoms with E-state index in [-0.39, 0.29) is 18.3 Å². The summed E-state index contributed by atoms with van der Waals surface area (Å²) in [6.07, 6.45) is -3.52. The van der Waals surface area contributed by atoms with Crippen molar-refractivity contribution in [2.24, 2.45) is 0 Å². The summed E-state index contributed by atoms with van der Waals surface area (Å²) in [5, 5.41) is 2.80. The quantitative estimate of drug-likeness (QED) is 0.688. The van der Waals surface area contributed by atoms with Crippen molar-refractivity contribution < 1.29 is 22.7 Å². The lowest BCUT2D eigenvalue weighted by molar-refractivity contribution is -0.139. The first-order valence-electron chi connectivity index (χ1n) is 8.89. The van der Waals surface area contributed by atoms with Crippen molar-refractivity contribution in [2.75, 3.05) is 5.32 Å². The van der Waals surface area contributed by atoms with Crippen molar-refractivity contribution in [3.8, 4) is 5.75 Å². The Morgan fingerprint density at radius 1 is 1.11 bits per heavy atom. The highest BCUT2D eigenvalue weighted by Gasteiger charge is 2.35. The average molecular weight is 379 g/mol. The number of aryl methyl sites for hydroxylation is 3. The van der Waals surface area contributed by atoms with Gasteiger partial charge in [-0.05, 0) is 55.2 Å². The number of amides is 1. The maximum absolute atomic E-state index is 13.4. The molecule has 27 heavy (non-hydrogen) atoms. The van der Waals surface area contributed by atoms with Crippen LogP contribution in [-0.2, 0) is 24.0 Å². The minimum atomic E-state index is -4.50. The van der Waals surface area contributed by atoms with Gasteiger partial charge in [-0.2, -0.15) is 13.2 Å². The number of alkyl halides is 3. The number of halogens is 3. The molecule has 0 aromatic heterocycles. The normalized spacial score (nSPS) is 11.4. The zero-order valence-corrected chi connectivity index (χ0v) is 16.0. The molecule has 0 fully saturated rings. The van der Waals surface area contributed by atoms with Crippen LogP contribution in [0.4, 0.5) is 18.9 Å². The lowest BCUT2D eigenvalue weighted by Gasteiger charge is -2.19. The standard InChI is InChI=1S/C21H24F3NO2/c1-5-15-8-7-9-18(25-20(26)6-2)16(15)12-27-19-11-14(4)13(3)10-17(19)21(22,23)24/h7-11H,5-6,12H2,1-4H3,(H,25,26). The summed E-state index contributed by atoms with van der Waals surface area (Å²) in [4.78, 5) is 11.8. The summed E-state index contributed by atoms with van der Waals surface area (Å²) in [7, 11) is 0. The molecule has 0 radical (unpaired) electrons. The third-order valence-electron chi connectivity index (χ3n) is 4.52. The number of nitrogens with one attached hydrogen (secondary N) is 1. The smallest absolute Gasteiger partial charge is 0.419 e. The van der Waals surface area contributed by atoms with Crippen molar-refractivity contribution in [1.82, 2.24) is 0 Å². The molecule has 0 spiro atoms. The van der Waals surface area contributed by atoms with E-state index in [1.807, 2.05) is 19.1 Å². The molecule has 6 heteroatoms. The molecule has 0 bridgehead atoms. The summed E-state index contributed by atoms with van der Waals surface area (Å²) >= 11 is 0. The number of ether oxygens (including phenoxy) is 1. The Balaban J connectivity index is 2.39. The Morgan fingerprint density at radius 2 is 1.78 bits per heavy atom. The van der Waals surface area contributed by atoms with Crippen molar-refractivity contribution in [2.45, 2.75) is 53.3 Å². The third kappa shape index (κ3) is 5.02. The number of hydrogen-bond donors (Lipinski definition) is 1. The number of rotatable bonds is 6. The van der Waals surface area contributed by atoms with Crippen LogP contribution in [0.2, 0.25) is 0 Å². The van der Waals surface area contributed by atoms with Gasteiger partial charge in [0.05, 0.1) is 5.56 Å². The molecule has 0 aliphatic heterocycles. The number of hydrogen-bond acceptors (Lipinski definition) is 2.